The van der Waals surface area contributed by atoms with E-state index in [1.807, 2.05) is 0 Å². The maximum absolute atomic E-state index is 3.68. The fourth-order valence-corrected chi connectivity index (χ4v) is 1.57. The van der Waals surface area contributed by atoms with Gasteiger partial charge in [-0.3, -0.25) is 0 Å². The molecule has 1 nitrogen and oxygen atoms in total. The number of hydrogen-bond acceptors (Lipinski definition) is 1. The number of rotatable bonds is 0. The van der Waals surface area contributed by atoms with Gasteiger partial charge >= 0.3 is 0 Å². The molecule has 0 aromatic carbocycles. The quantitative estimate of drug-likeness (QED) is 0.635. The second kappa shape index (κ2) is 3.40. The van der Waals surface area contributed by atoms with Crippen molar-refractivity contribution in [2.24, 2.45) is 10.8 Å². The van der Waals surface area contributed by atoms with E-state index < -0.39 is 0 Å². The molecule has 0 aromatic heterocycles. The van der Waals surface area contributed by atoms with E-state index in [4.69, 9.17) is 0 Å². The molecule has 1 aliphatic rings. The van der Waals surface area contributed by atoms with Crippen molar-refractivity contribution in [1.29, 1.82) is 0 Å². The first kappa shape index (κ1) is 12.4. The van der Waals surface area contributed by atoms with Crippen LogP contribution < -0.4 is 5.32 Å². The van der Waals surface area contributed by atoms with Crippen molar-refractivity contribution >= 4 is 0 Å². The van der Waals surface area contributed by atoms with Crippen molar-refractivity contribution in [2.75, 3.05) is 0 Å². The number of allylic oxidation sites excluding steroid dienone is 3. The normalized spacial score (nSPS) is 27.3. The third-order valence-electron chi connectivity index (χ3n) is 3.45. The maximum atomic E-state index is 3.68. The molecule has 0 saturated heterocycles. The summed E-state index contributed by atoms with van der Waals surface area (Å²) in [6, 6.07) is 0. The van der Waals surface area contributed by atoms with Gasteiger partial charge in [0, 0.05) is 11.1 Å². The highest BCUT2D eigenvalue weighted by Gasteiger charge is 2.38. The molecule has 86 valence electrons. The molecule has 0 amide bonds. The lowest BCUT2D eigenvalue weighted by Crippen LogP contribution is -2.53. The zero-order valence-electron chi connectivity index (χ0n) is 11.2. The van der Waals surface area contributed by atoms with Crippen molar-refractivity contribution in [1.82, 2.24) is 5.32 Å². The lowest BCUT2D eigenvalue weighted by molar-refractivity contribution is 0.207. The zero-order valence-corrected chi connectivity index (χ0v) is 11.2. The Bertz CT molecular complexity index is 296. The van der Waals surface area contributed by atoms with Crippen molar-refractivity contribution in [3.05, 3.63) is 23.9 Å². The summed E-state index contributed by atoms with van der Waals surface area (Å²) in [5.41, 5.74) is 1.78. The van der Waals surface area contributed by atoms with Gasteiger partial charge in [-0.15, -0.1) is 0 Å². The van der Waals surface area contributed by atoms with Gasteiger partial charge in [0.25, 0.3) is 0 Å². The Morgan fingerprint density at radius 2 is 1.60 bits per heavy atom. The SMILES string of the molecule is CC(C)(C)C1=CC=CC(C)(C(C)(C)C)N1. The molecule has 1 rings (SSSR count). The smallest absolute Gasteiger partial charge is 0.0576 e. The highest BCUT2D eigenvalue weighted by atomic mass is 15.0. The Hall–Kier alpha value is -0.720. The van der Waals surface area contributed by atoms with Crippen LogP contribution in [0.3, 0.4) is 0 Å². The zero-order chi connectivity index (χ0) is 11.9. The van der Waals surface area contributed by atoms with Crippen LogP contribution in [0.5, 0.6) is 0 Å². The van der Waals surface area contributed by atoms with Crippen LogP contribution in [0.15, 0.2) is 23.9 Å². The largest absolute Gasteiger partial charge is 0.379 e. The predicted octanol–water partition coefficient (Wildman–Crippen LogP) is 3.88. The van der Waals surface area contributed by atoms with Crippen molar-refractivity contribution < 1.29 is 0 Å². The maximum Gasteiger partial charge on any atom is 0.0576 e. The van der Waals surface area contributed by atoms with E-state index in [0.717, 1.165) is 0 Å². The summed E-state index contributed by atoms with van der Waals surface area (Å²) in [5, 5.41) is 3.68. The minimum atomic E-state index is 0.0460. The van der Waals surface area contributed by atoms with E-state index in [1.165, 1.54) is 5.70 Å². The molecule has 0 saturated carbocycles. The average molecular weight is 207 g/mol. The number of hydrogen-bond donors (Lipinski definition) is 1. The molecule has 1 unspecified atom stereocenters. The lowest BCUT2D eigenvalue weighted by atomic mass is 9.72. The molecule has 0 aromatic rings. The van der Waals surface area contributed by atoms with Gasteiger partial charge in [0.2, 0.25) is 0 Å². The van der Waals surface area contributed by atoms with Gasteiger partial charge in [0.15, 0.2) is 0 Å². The molecular formula is C14H25N. The Kier molecular flexibility index (Phi) is 2.80. The highest BCUT2D eigenvalue weighted by molar-refractivity contribution is 5.29. The van der Waals surface area contributed by atoms with Gasteiger partial charge in [-0.25, -0.2) is 0 Å². The first-order valence-electron chi connectivity index (χ1n) is 5.74. The van der Waals surface area contributed by atoms with Gasteiger partial charge in [-0.1, -0.05) is 53.7 Å². The monoisotopic (exact) mass is 207 g/mol. The van der Waals surface area contributed by atoms with Crippen LogP contribution in [-0.4, -0.2) is 5.54 Å². The summed E-state index contributed by atoms with van der Waals surface area (Å²) >= 11 is 0. The minimum absolute atomic E-state index is 0.0460. The fraction of sp³-hybridized carbons (Fsp3) is 0.714. The molecule has 15 heavy (non-hydrogen) atoms. The molecular weight excluding hydrogens is 182 g/mol. The number of nitrogens with one attached hydrogen (secondary N) is 1. The Labute approximate surface area is 94.6 Å². The van der Waals surface area contributed by atoms with Gasteiger partial charge in [0.05, 0.1) is 5.54 Å². The topological polar surface area (TPSA) is 12.0 Å². The summed E-state index contributed by atoms with van der Waals surface area (Å²) in [5.74, 6) is 0. The summed E-state index contributed by atoms with van der Waals surface area (Å²) in [6.45, 7) is 15.8. The van der Waals surface area contributed by atoms with Gasteiger partial charge in [-0.05, 0) is 18.4 Å². The van der Waals surface area contributed by atoms with Crippen LogP contribution in [0.25, 0.3) is 0 Å². The second-order valence-electron chi connectivity index (χ2n) is 6.77. The molecule has 0 aliphatic carbocycles. The molecule has 0 fully saturated rings. The van der Waals surface area contributed by atoms with Crippen LogP contribution >= 0.6 is 0 Å². The van der Waals surface area contributed by atoms with E-state index in [1.54, 1.807) is 0 Å². The lowest BCUT2D eigenvalue weighted by Gasteiger charge is -2.45. The van der Waals surface area contributed by atoms with Crippen molar-refractivity contribution in [3.63, 3.8) is 0 Å². The Balaban J connectivity index is 2.99. The summed E-state index contributed by atoms with van der Waals surface area (Å²) in [4.78, 5) is 0. The van der Waals surface area contributed by atoms with E-state index in [-0.39, 0.29) is 16.4 Å². The van der Waals surface area contributed by atoms with Gasteiger partial charge in [0.1, 0.15) is 0 Å². The molecule has 0 spiro atoms. The fourth-order valence-electron chi connectivity index (χ4n) is 1.57. The van der Waals surface area contributed by atoms with Crippen LogP contribution in [0.4, 0.5) is 0 Å². The Morgan fingerprint density at radius 1 is 1.07 bits per heavy atom. The van der Waals surface area contributed by atoms with Crippen LogP contribution in [0.2, 0.25) is 0 Å². The van der Waals surface area contributed by atoms with E-state index >= 15 is 0 Å². The van der Waals surface area contributed by atoms with E-state index in [2.05, 4.69) is 72.0 Å². The minimum Gasteiger partial charge on any atom is -0.379 e. The number of dihydropyridines is 1. The molecule has 1 heteroatoms. The standard InChI is InChI=1S/C14H25N/c1-12(2,3)11-9-8-10-14(7,15-11)13(4,5)6/h8-10,15H,1-7H3. The third-order valence-corrected chi connectivity index (χ3v) is 3.45. The van der Waals surface area contributed by atoms with Gasteiger partial charge in [-0.2, -0.15) is 0 Å². The van der Waals surface area contributed by atoms with Crippen LogP contribution in [0, 0.1) is 10.8 Å². The van der Waals surface area contributed by atoms with Gasteiger partial charge < -0.3 is 5.32 Å². The molecule has 0 bridgehead atoms. The van der Waals surface area contributed by atoms with Crippen molar-refractivity contribution in [2.45, 2.75) is 54.0 Å². The predicted molar refractivity (Wildman–Crippen MR) is 67.7 cm³/mol. The Morgan fingerprint density at radius 3 is 2.00 bits per heavy atom. The van der Waals surface area contributed by atoms with Crippen molar-refractivity contribution in [3.8, 4) is 0 Å². The molecule has 1 N–H and O–H groups in total. The molecule has 0 radical (unpaired) electrons. The summed E-state index contributed by atoms with van der Waals surface area (Å²) in [7, 11) is 0. The van der Waals surface area contributed by atoms with E-state index in [0.29, 0.717) is 0 Å². The average Bonchev–Trinajstić information content (AvgIpc) is 2.00. The summed E-state index contributed by atoms with van der Waals surface area (Å²) < 4.78 is 0. The molecule has 1 aliphatic heterocycles. The van der Waals surface area contributed by atoms with Crippen LogP contribution in [-0.2, 0) is 0 Å². The molecule has 1 atom stereocenters. The highest BCUT2D eigenvalue weighted by Crippen LogP contribution is 2.37. The summed E-state index contributed by atoms with van der Waals surface area (Å²) in [6.07, 6.45) is 6.64. The van der Waals surface area contributed by atoms with Crippen LogP contribution in [0.1, 0.15) is 48.5 Å². The second-order valence-corrected chi connectivity index (χ2v) is 6.77. The third kappa shape index (κ3) is 2.45. The first-order chi connectivity index (χ1) is 6.56. The van der Waals surface area contributed by atoms with E-state index in [9.17, 15) is 0 Å². The first-order valence-corrected chi connectivity index (χ1v) is 5.74. The molecule has 1 heterocycles.